The molecule has 0 amide bonds. The van der Waals surface area contributed by atoms with Crippen LogP contribution in [0.25, 0.3) is 10.9 Å². The summed E-state index contributed by atoms with van der Waals surface area (Å²) in [5, 5.41) is 20.0. The molecule has 3 heterocycles. The van der Waals surface area contributed by atoms with Crippen molar-refractivity contribution in [1.29, 1.82) is 0 Å². The Bertz CT molecular complexity index is 1010. The highest BCUT2D eigenvalue weighted by molar-refractivity contribution is 5.77. The van der Waals surface area contributed by atoms with Gasteiger partial charge in [-0.25, -0.2) is 4.39 Å². The Morgan fingerprint density at radius 3 is 2.88 bits per heavy atom. The largest absolute Gasteiger partial charge is 0.618 e. The molecule has 8 heteroatoms. The second-order valence-corrected chi connectivity index (χ2v) is 5.23. The van der Waals surface area contributed by atoms with E-state index in [4.69, 9.17) is 9.15 Å². The standard InChI is InChI=1S/C17H11FN4O3/c18-12-3-5-14(19-9-12)16(17-21-20-10-24-17)25-13-4-6-15-11(8-13)2-1-7-22(15)23/h1-10,16H. The molecule has 0 aliphatic carbocycles. The molecule has 4 rings (SSSR count). The van der Waals surface area contributed by atoms with Crippen molar-refractivity contribution >= 4 is 10.9 Å². The summed E-state index contributed by atoms with van der Waals surface area (Å²) in [6, 6.07) is 11.2. The fraction of sp³-hybridized carbons (Fsp3) is 0.0588. The van der Waals surface area contributed by atoms with E-state index in [1.807, 2.05) is 0 Å². The zero-order valence-electron chi connectivity index (χ0n) is 12.7. The van der Waals surface area contributed by atoms with Gasteiger partial charge < -0.3 is 14.4 Å². The van der Waals surface area contributed by atoms with Crippen LogP contribution in [0.3, 0.4) is 0 Å². The monoisotopic (exact) mass is 338 g/mol. The lowest BCUT2D eigenvalue weighted by Crippen LogP contribution is -2.25. The molecule has 0 radical (unpaired) electrons. The van der Waals surface area contributed by atoms with E-state index >= 15 is 0 Å². The van der Waals surface area contributed by atoms with Crippen molar-refractivity contribution < 1.29 is 18.3 Å². The quantitative estimate of drug-likeness (QED) is 0.420. The van der Waals surface area contributed by atoms with Crippen molar-refractivity contribution in [2.45, 2.75) is 6.10 Å². The summed E-state index contributed by atoms with van der Waals surface area (Å²) in [6.07, 6.45) is 2.88. The molecule has 0 aliphatic heterocycles. The highest BCUT2D eigenvalue weighted by atomic mass is 19.1. The van der Waals surface area contributed by atoms with Crippen molar-refractivity contribution in [3.63, 3.8) is 0 Å². The molecule has 0 bridgehead atoms. The van der Waals surface area contributed by atoms with E-state index in [9.17, 15) is 9.60 Å². The van der Waals surface area contributed by atoms with Gasteiger partial charge in [-0.1, -0.05) is 0 Å². The van der Waals surface area contributed by atoms with Gasteiger partial charge >= 0.3 is 0 Å². The van der Waals surface area contributed by atoms with Crippen molar-refractivity contribution in [1.82, 2.24) is 15.2 Å². The van der Waals surface area contributed by atoms with Gasteiger partial charge in [0.25, 0.3) is 5.89 Å². The van der Waals surface area contributed by atoms with Gasteiger partial charge in [0.05, 0.1) is 17.3 Å². The molecule has 1 atom stereocenters. The fourth-order valence-electron chi connectivity index (χ4n) is 2.46. The number of benzene rings is 1. The lowest BCUT2D eigenvalue weighted by Gasteiger charge is -2.15. The lowest BCUT2D eigenvalue weighted by molar-refractivity contribution is -0.577. The van der Waals surface area contributed by atoms with Gasteiger partial charge in [0.1, 0.15) is 11.6 Å². The van der Waals surface area contributed by atoms with Crippen LogP contribution in [0, 0.1) is 11.0 Å². The number of hydrogen-bond donors (Lipinski definition) is 0. The molecule has 4 aromatic rings. The zero-order valence-corrected chi connectivity index (χ0v) is 12.7. The summed E-state index contributed by atoms with van der Waals surface area (Å²) in [4.78, 5) is 4.03. The van der Waals surface area contributed by atoms with E-state index in [1.54, 1.807) is 30.3 Å². The topological polar surface area (TPSA) is 88.0 Å². The minimum atomic E-state index is -0.802. The van der Waals surface area contributed by atoms with Gasteiger partial charge in [-0.15, -0.1) is 10.2 Å². The molecule has 0 aliphatic rings. The number of hydrogen-bond acceptors (Lipinski definition) is 6. The van der Waals surface area contributed by atoms with Crippen molar-refractivity contribution in [3.05, 3.63) is 83.9 Å². The van der Waals surface area contributed by atoms with Crippen LogP contribution in [0.1, 0.15) is 17.7 Å². The lowest BCUT2D eigenvalue weighted by atomic mass is 10.2. The zero-order chi connectivity index (χ0) is 17.2. The summed E-state index contributed by atoms with van der Waals surface area (Å²) in [6.45, 7) is 0. The maximum absolute atomic E-state index is 13.1. The maximum atomic E-state index is 13.1. The highest BCUT2D eigenvalue weighted by Crippen LogP contribution is 2.27. The maximum Gasteiger partial charge on any atom is 0.263 e. The minimum absolute atomic E-state index is 0.186. The second kappa shape index (κ2) is 6.16. The Morgan fingerprint density at radius 2 is 2.12 bits per heavy atom. The molecular formula is C17H11FN4O3. The Morgan fingerprint density at radius 1 is 1.20 bits per heavy atom. The molecule has 0 saturated heterocycles. The van der Waals surface area contributed by atoms with Crippen LogP contribution in [-0.4, -0.2) is 15.2 Å². The number of aromatic nitrogens is 4. The molecule has 0 saturated carbocycles. The smallest absolute Gasteiger partial charge is 0.263 e. The normalized spacial score (nSPS) is 12.2. The molecule has 25 heavy (non-hydrogen) atoms. The molecule has 1 unspecified atom stereocenters. The van der Waals surface area contributed by atoms with E-state index in [1.165, 1.54) is 24.7 Å². The van der Waals surface area contributed by atoms with Gasteiger partial charge in [-0.3, -0.25) is 4.98 Å². The number of pyridine rings is 2. The molecule has 0 fully saturated rings. The van der Waals surface area contributed by atoms with Crippen LogP contribution in [0.2, 0.25) is 0 Å². The SMILES string of the molecule is [O-][n+]1cccc2cc(OC(c3ccc(F)cn3)c3nnco3)ccc21. The Labute approximate surface area is 140 Å². The van der Waals surface area contributed by atoms with Crippen molar-refractivity contribution in [2.75, 3.05) is 0 Å². The molecule has 7 nitrogen and oxygen atoms in total. The fourth-order valence-corrected chi connectivity index (χ4v) is 2.46. The summed E-state index contributed by atoms with van der Waals surface area (Å²) < 4.78 is 25.1. The first-order chi connectivity index (χ1) is 12.2. The summed E-state index contributed by atoms with van der Waals surface area (Å²) >= 11 is 0. The molecular weight excluding hydrogens is 327 g/mol. The third-order valence-corrected chi connectivity index (χ3v) is 3.61. The predicted octanol–water partition coefficient (Wildman–Crippen LogP) is 2.56. The van der Waals surface area contributed by atoms with E-state index in [0.29, 0.717) is 22.3 Å². The highest BCUT2D eigenvalue weighted by Gasteiger charge is 2.23. The van der Waals surface area contributed by atoms with Gasteiger partial charge in [0.15, 0.2) is 6.20 Å². The molecule has 3 aromatic heterocycles. The van der Waals surface area contributed by atoms with Crippen LogP contribution in [0.15, 0.2) is 65.7 Å². The summed E-state index contributed by atoms with van der Waals surface area (Å²) in [5.74, 6) is 0.206. The van der Waals surface area contributed by atoms with Crippen LogP contribution < -0.4 is 9.47 Å². The number of ether oxygens (including phenoxy) is 1. The van der Waals surface area contributed by atoms with Crippen LogP contribution in [0.4, 0.5) is 4.39 Å². The molecule has 1 aromatic carbocycles. The first kappa shape index (κ1) is 15.0. The minimum Gasteiger partial charge on any atom is -0.618 e. The molecule has 124 valence electrons. The van der Waals surface area contributed by atoms with E-state index in [-0.39, 0.29) is 5.89 Å². The number of rotatable bonds is 4. The molecule has 0 N–H and O–H groups in total. The van der Waals surface area contributed by atoms with E-state index < -0.39 is 11.9 Å². The number of fused-ring (bicyclic) bond motifs is 1. The average Bonchev–Trinajstić information content (AvgIpc) is 3.15. The van der Waals surface area contributed by atoms with E-state index in [0.717, 1.165) is 10.9 Å². The van der Waals surface area contributed by atoms with Gasteiger partial charge in [0, 0.05) is 12.1 Å². The van der Waals surface area contributed by atoms with Crippen molar-refractivity contribution in [3.8, 4) is 5.75 Å². The first-order valence-electron chi connectivity index (χ1n) is 7.37. The molecule has 0 spiro atoms. The Kier molecular flexibility index (Phi) is 3.70. The number of halogens is 1. The third kappa shape index (κ3) is 2.97. The van der Waals surface area contributed by atoms with Crippen LogP contribution in [0.5, 0.6) is 5.75 Å². The van der Waals surface area contributed by atoms with Gasteiger partial charge in [-0.2, -0.15) is 4.73 Å². The Hall–Kier alpha value is -3.55. The number of nitrogens with zero attached hydrogens (tertiary/aromatic N) is 4. The average molecular weight is 338 g/mol. The predicted molar refractivity (Wildman–Crippen MR) is 83.9 cm³/mol. The first-order valence-corrected chi connectivity index (χ1v) is 7.37. The Balaban J connectivity index is 1.72. The van der Waals surface area contributed by atoms with E-state index in [2.05, 4.69) is 15.2 Å². The van der Waals surface area contributed by atoms with Crippen molar-refractivity contribution in [2.24, 2.45) is 0 Å². The van der Waals surface area contributed by atoms with Gasteiger partial charge in [-0.05, 0) is 30.3 Å². The van der Waals surface area contributed by atoms with Gasteiger partial charge in [0.2, 0.25) is 18.0 Å². The van der Waals surface area contributed by atoms with Crippen LogP contribution in [-0.2, 0) is 0 Å². The van der Waals surface area contributed by atoms with Crippen LogP contribution >= 0.6 is 0 Å². The summed E-state index contributed by atoms with van der Waals surface area (Å²) in [7, 11) is 0. The third-order valence-electron chi connectivity index (χ3n) is 3.61. The summed E-state index contributed by atoms with van der Waals surface area (Å²) in [5.41, 5.74) is 0.932. The second-order valence-electron chi connectivity index (χ2n) is 5.23.